The minimum Gasteiger partial charge on any atom is -0.455 e. The van der Waals surface area contributed by atoms with Crippen LogP contribution < -0.4 is 0 Å². The van der Waals surface area contributed by atoms with Crippen LogP contribution in [-0.2, 0) is 0 Å². The summed E-state index contributed by atoms with van der Waals surface area (Å²) >= 11 is 0. The fourth-order valence-corrected chi connectivity index (χ4v) is 7.44. The van der Waals surface area contributed by atoms with Crippen molar-refractivity contribution in [2.24, 2.45) is 0 Å². The molecule has 0 fully saturated rings. The largest absolute Gasteiger partial charge is 0.455 e. The number of hydrogen-bond donors (Lipinski definition) is 0. The van der Waals surface area contributed by atoms with Gasteiger partial charge in [-0.05, 0) is 102 Å². The number of benzene rings is 9. The van der Waals surface area contributed by atoms with Gasteiger partial charge in [0.15, 0.2) is 0 Å². The van der Waals surface area contributed by atoms with Crippen molar-refractivity contribution in [2.75, 3.05) is 0 Å². The highest BCUT2D eigenvalue weighted by atomic mass is 16.3. The van der Waals surface area contributed by atoms with Gasteiger partial charge in [0.2, 0.25) is 0 Å². The van der Waals surface area contributed by atoms with Gasteiger partial charge in [-0.15, -0.1) is 0 Å². The van der Waals surface area contributed by atoms with Crippen LogP contribution in [-0.4, -0.2) is 0 Å². The Morgan fingerprint density at radius 1 is 0.479 bits per heavy atom. The van der Waals surface area contributed by atoms with E-state index in [4.69, 9.17) is 8.53 Å². The van der Waals surface area contributed by atoms with Gasteiger partial charge < -0.3 is 4.42 Å². The fraction of sp³-hybridized carbons (Fsp3) is 0.0213. The van der Waals surface area contributed by atoms with Crippen molar-refractivity contribution < 1.29 is 14.0 Å². The summed E-state index contributed by atoms with van der Waals surface area (Å²) in [6.07, 6.45) is 0. The first kappa shape index (κ1) is 20.8. The Kier molecular flexibility index (Phi) is 4.52. The zero-order chi connectivity index (χ0) is 37.9. The lowest BCUT2D eigenvalue weighted by molar-refractivity contribution is 0.673. The third kappa shape index (κ3) is 3.98. The summed E-state index contributed by atoms with van der Waals surface area (Å²) in [6, 6.07) is 38.1. The number of fused-ring (bicyclic) bond motifs is 8. The molecule has 0 aliphatic carbocycles. The molecule has 1 heterocycles. The van der Waals surface area contributed by atoms with Gasteiger partial charge in [0.25, 0.3) is 0 Å². The van der Waals surface area contributed by atoms with E-state index in [1.807, 2.05) is 115 Å². The lowest BCUT2D eigenvalue weighted by Gasteiger charge is -2.20. The summed E-state index contributed by atoms with van der Waals surface area (Å²) in [7, 11) is 0. The Labute approximate surface area is 288 Å². The van der Waals surface area contributed by atoms with Crippen LogP contribution in [0.25, 0.3) is 98.4 Å². The maximum absolute atomic E-state index is 9.70. The number of hydrogen-bond acceptors (Lipinski definition) is 1. The zero-order valence-electron chi connectivity index (χ0n) is 33.0. The average Bonchev–Trinajstić information content (AvgIpc) is 3.62. The van der Waals surface area contributed by atoms with Crippen LogP contribution in [0.5, 0.6) is 0 Å². The molecule has 0 N–H and O–H groups in total. The normalized spacial score (nSPS) is 13.9. The maximum Gasteiger partial charge on any atom is 0.143 e. The number of furan rings is 1. The van der Waals surface area contributed by atoms with E-state index in [0.717, 1.165) is 43.4 Å². The van der Waals surface area contributed by atoms with Gasteiger partial charge in [0, 0.05) is 16.2 Å². The Hall–Kier alpha value is -6.18. The summed E-state index contributed by atoms with van der Waals surface area (Å²) in [4.78, 5) is 0. The van der Waals surface area contributed by atoms with Gasteiger partial charge in [0.1, 0.15) is 11.2 Å². The monoisotopic (exact) mass is 617 g/mol. The Balaban J connectivity index is 1.47. The van der Waals surface area contributed by atoms with Gasteiger partial charge in [0.05, 0.1) is 9.60 Å². The van der Waals surface area contributed by atoms with Gasteiger partial charge >= 0.3 is 0 Å². The van der Waals surface area contributed by atoms with Crippen molar-refractivity contribution in [3.63, 3.8) is 0 Å². The minimum atomic E-state index is -0.401. The van der Waals surface area contributed by atoms with E-state index in [0.29, 0.717) is 44.4 Å². The van der Waals surface area contributed by atoms with E-state index in [2.05, 4.69) is 6.07 Å². The molecule has 0 aliphatic rings. The van der Waals surface area contributed by atoms with Crippen LogP contribution >= 0.6 is 0 Å². The molecule has 0 amide bonds. The van der Waals surface area contributed by atoms with Crippen LogP contribution in [0.2, 0.25) is 0 Å². The molecule has 48 heavy (non-hydrogen) atoms. The highest BCUT2D eigenvalue weighted by Gasteiger charge is 2.22. The molecular formula is C47H30O. The van der Waals surface area contributed by atoms with Gasteiger partial charge in [-0.1, -0.05) is 145 Å². The second-order valence-electron chi connectivity index (χ2n) is 12.3. The van der Waals surface area contributed by atoms with Crippen molar-refractivity contribution in [1.82, 2.24) is 0 Å². The van der Waals surface area contributed by atoms with Crippen LogP contribution in [0.4, 0.5) is 0 Å². The molecule has 224 valence electrons. The molecule has 0 saturated carbocycles. The average molecular weight is 618 g/mol. The van der Waals surface area contributed by atoms with Crippen molar-refractivity contribution in [3.05, 3.63) is 169 Å². The second kappa shape index (κ2) is 10.4. The van der Waals surface area contributed by atoms with Gasteiger partial charge in [-0.3, -0.25) is 0 Å². The van der Waals surface area contributed by atoms with Crippen molar-refractivity contribution in [1.29, 1.82) is 0 Å². The van der Waals surface area contributed by atoms with Crippen molar-refractivity contribution >= 4 is 65.0 Å². The molecule has 0 aliphatic heterocycles. The van der Waals surface area contributed by atoms with Gasteiger partial charge in [-0.2, -0.15) is 0 Å². The SMILES string of the molecule is [2H]c1c([2H])c([2H])c2c(-c3cccc4oc5c6ccccc6ccc5c34)c3c([2H])c(C)c([2H])c([2H])c3c(-c3cc(-c4ccccc4)c4ccccc4c3)c2c1[2H]. The van der Waals surface area contributed by atoms with Gasteiger partial charge in [-0.25, -0.2) is 0 Å². The lowest BCUT2D eigenvalue weighted by Crippen LogP contribution is -1.93. The Morgan fingerprint density at radius 3 is 2.06 bits per heavy atom. The van der Waals surface area contributed by atoms with E-state index in [9.17, 15) is 5.48 Å². The summed E-state index contributed by atoms with van der Waals surface area (Å²) in [6.45, 7) is 1.67. The molecule has 0 radical (unpaired) electrons. The Bertz CT molecular complexity index is 3210. The third-order valence-corrected chi connectivity index (χ3v) is 9.52. The van der Waals surface area contributed by atoms with E-state index >= 15 is 0 Å². The first-order valence-electron chi connectivity index (χ1n) is 19.5. The molecule has 10 rings (SSSR count). The molecule has 1 heteroatoms. The van der Waals surface area contributed by atoms with E-state index in [-0.39, 0.29) is 46.4 Å². The molecule has 0 atom stereocenters. The molecule has 0 unspecified atom stereocenters. The summed E-state index contributed by atoms with van der Waals surface area (Å²) in [5.41, 5.74) is 5.51. The van der Waals surface area contributed by atoms with Crippen LogP contribution in [0.3, 0.4) is 0 Å². The second-order valence-corrected chi connectivity index (χ2v) is 12.3. The summed E-state index contributed by atoms with van der Waals surface area (Å²) < 4.78 is 72.0. The molecule has 0 bridgehead atoms. The highest BCUT2D eigenvalue weighted by molar-refractivity contribution is 6.27. The Morgan fingerprint density at radius 2 is 1.21 bits per heavy atom. The smallest absolute Gasteiger partial charge is 0.143 e. The van der Waals surface area contributed by atoms with E-state index in [1.54, 1.807) is 6.92 Å². The fourth-order valence-electron chi connectivity index (χ4n) is 7.44. The van der Waals surface area contributed by atoms with Crippen molar-refractivity contribution in [3.8, 4) is 33.4 Å². The molecule has 9 aromatic carbocycles. The first-order chi connectivity index (χ1) is 26.7. The summed E-state index contributed by atoms with van der Waals surface area (Å²) in [5, 5.41) is 6.53. The van der Waals surface area contributed by atoms with Crippen LogP contribution in [0.15, 0.2) is 168 Å². The molecular weight excluding hydrogens is 581 g/mol. The topological polar surface area (TPSA) is 13.1 Å². The lowest BCUT2D eigenvalue weighted by atomic mass is 9.83. The number of rotatable bonds is 3. The zero-order valence-corrected chi connectivity index (χ0v) is 26.0. The van der Waals surface area contributed by atoms with Crippen molar-refractivity contribution in [2.45, 2.75) is 6.92 Å². The quantitative estimate of drug-likeness (QED) is 0.180. The predicted octanol–water partition coefficient (Wildman–Crippen LogP) is 13.5. The standard InChI is InChI=1S/C47H30O/c1-29-22-24-38-42(26-29)45(39-20-11-21-43-46(39)40-25-23-31-14-5-8-17-35(31)47(40)48-43)37-19-10-9-18-36(37)44(38)33-27-32-15-6-7-16-34(32)41(28-33)30-12-3-2-4-13-30/h2-28H,1H3/i9D,10D,18D,19D,22D,24D,26D. The molecule has 10 aromatic rings. The highest BCUT2D eigenvalue weighted by Crippen LogP contribution is 2.48. The molecule has 1 nitrogen and oxygen atoms in total. The minimum absolute atomic E-state index is 0.0286. The maximum atomic E-state index is 9.70. The first-order valence-corrected chi connectivity index (χ1v) is 16.0. The molecule has 0 saturated heterocycles. The van der Waals surface area contributed by atoms with Crippen LogP contribution in [0.1, 0.15) is 15.2 Å². The predicted molar refractivity (Wildman–Crippen MR) is 205 cm³/mol. The molecule has 1 aromatic heterocycles. The van der Waals surface area contributed by atoms with E-state index < -0.39 is 12.1 Å². The summed E-state index contributed by atoms with van der Waals surface area (Å²) in [5.74, 6) is 0. The molecule has 0 spiro atoms. The van der Waals surface area contributed by atoms with E-state index in [1.165, 1.54) is 0 Å². The van der Waals surface area contributed by atoms with Crippen LogP contribution in [0, 0.1) is 6.92 Å². The third-order valence-electron chi connectivity index (χ3n) is 9.52.